The van der Waals surface area contributed by atoms with Crippen LogP contribution < -0.4 is 5.32 Å². The van der Waals surface area contributed by atoms with Gasteiger partial charge in [-0.15, -0.1) is 11.3 Å². The molecule has 1 aromatic rings. The molecule has 1 aromatic heterocycles. The van der Waals surface area contributed by atoms with Crippen LogP contribution in [0.25, 0.3) is 0 Å². The highest BCUT2D eigenvalue weighted by atomic mass is 32.1. The number of hydrogen-bond donors (Lipinski definition) is 1. The maximum Gasteiger partial charge on any atom is 0.228 e. The number of amides is 1. The largest absolute Gasteiger partial charge is 0.316 e. The normalized spacial score (nSPS) is 28.4. The Morgan fingerprint density at radius 1 is 1.37 bits per heavy atom. The zero-order chi connectivity index (χ0) is 13.6. The van der Waals surface area contributed by atoms with Crippen molar-refractivity contribution >= 4 is 22.2 Å². The lowest BCUT2D eigenvalue weighted by molar-refractivity contribution is -0.121. The molecule has 100 valence electrons. The van der Waals surface area contributed by atoms with Crippen LogP contribution in [-0.2, 0) is 4.79 Å². The fourth-order valence-electron chi connectivity index (χ4n) is 3.62. The third-order valence-corrected chi connectivity index (χ3v) is 5.93. The summed E-state index contributed by atoms with van der Waals surface area (Å²) in [6.45, 7) is 3.94. The lowest BCUT2D eigenvalue weighted by atomic mass is 9.88. The summed E-state index contributed by atoms with van der Waals surface area (Å²) < 4.78 is 0. The van der Waals surface area contributed by atoms with Crippen molar-refractivity contribution in [2.24, 2.45) is 17.8 Å². The summed E-state index contributed by atoms with van der Waals surface area (Å²) in [7, 11) is 0. The van der Waals surface area contributed by atoms with Crippen molar-refractivity contribution in [3.8, 4) is 6.07 Å². The van der Waals surface area contributed by atoms with Crippen molar-refractivity contribution in [2.45, 2.75) is 39.5 Å². The molecule has 0 spiro atoms. The van der Waals surface area contributed by atoms with Crippen molar-refractivity contribution in [1.29, 1.82) is 5.26 Å². The maximum atomic E-state index is 12.4. The summed E-state index contributed by atoms with van der Waals surface area (Å²) in [5.41, 5.74) is 1.63. The van der Waals surface area contributed by atoms with Crippen molar-refractivity contribution < 1.29 is 4.79 Å². The predicted molar refractivity (Wildman–Crippen MR) is 76.1 cm³/mol. The van der Waals surface area contributed by atoms with Crippen LogP contribution in [0.15, 0.2) is 0 Å². The molecule has 2 saturated carbocycles. The highest BCUT2D eigenvalue weighted by Gasteiger charge is 2.43. The summed E-state index contributed by atoms with van der Waals surface area (Å²) in [6, 6.07) is 2.21. The Bertz CT molecular complexity index is 569. The lowest BCUT2D eigenvalue weighted by Crippen LogP contribution is -2.27. The highest BCUT2D eigenvalue weighted by Crippen LogP contribution is 2.48. The molecule has 0 aromatic carbocycles. The second-order valence-electron chi connectivity index (χ2n) is 5.87. The summed E-state index contributed by atoms with van der Waals surface area (Å²) in [4.78, 5) is 13.5. The van der Waals surface area contributed by atoms with E-state index in [9.17, 15) is 10.1 Å². The van der Waals surface area contributed by atoms with Gasteiger partial charge in [-0.05, 0) is 50.5 Å². The number of aryl methyl sites for hydroxylation is 1. The Morgan fingerprint density at radius 3 is 2.74 bits per heavy atom. The Kier molecular flexibility index (Phi) is 3.10. The molecule has 3 rings (SSSR count). The van der Waals surface area contributed by atoms with Crippen molar-refractivity contribution in [2.75, 3.05) is 5.32 Å². The molecular weight excluding hydrogens is 256 g/mol. The van der Waals surface area contributed by atoms with E-state index in [0.717, 1.165) is 27.8 Å². The number of thiophene rings is 1. The van der Waals surface area contributed by atoms with Crippen molar-refractivity contribution in [3.05, 3.63) is 16.0 Å². The van der Waals surface area contributed by atoms with Crippen molar-refractivity contribution in [3.63, 3.8) is 0 Å². The first-order valence-electron chi connectivity index (χ1n) is 6.91. The van der Waals surface area contributed by atoms with Gasteiger partial charge in [-0.2, -0.15) is 5.26 Å². The van der Waals surface area contributed by atoms with Gasteiger partial charge in [0.2, 0.25) is 5.91 Å². The van der Waals surface area contributed by atoms with E-state index in [1.807, 2.05) is 13.8 Å². The van der Waals surface area contributed by atoms with Crippen LogP contribution in [-0.4, -0.2) is 5.91 Å². The van der Waals surface area contributed by atoms with Crippen LogP contribution in [0, 0.1) is 42.9 Å². The topological polar surface area (TPSA) is 52.9 Å². The van der Waals surface area contributed by atoms with E-state index in [4.69, 9.17) is 0 Å². The molecule has 2 bridgehead atoms. The summed E-state index contributed by atoms with van der Waals surface area (Å²) >= 11 is 1.52. The molecule has 2 aliphatic rings. The molecular formula is C15H18N2OS. The van der Waals surface area contributed by atoms with Crippen LogP contribution in [0.1, 0.15) is 41.7 Å². The number of hydrogen-bond acceptors (Lipinski definition) is 3. The molecule has 2 aliphatic carbocycles. The summed E-state index contributed by atoms with van der Waals surface area (Å²) in [5.74, 6) is 1.65. The van der Waals surface area contributed by atoms with Gasteiger partial charge in [0.05, 0.1) is 5.56 Å². The quantitative estimate of drug-likeness (QED) is 0.895. The van der Waals surface area contributed by atoms with Gasteiger partial charge in [0.15, 0.2) is 0 Å². The average molecular weight is 274 g/mol. The third kappa shape index (κ3) is 2.06. The van der Waals surface area contributed by atoms with Crippen LogP contribution >= 0.6 is 11.3 Å². The summed E-state index contributed by atoms with van der Waals surface area (Å²) in [6.07, 6.45) is 4.78. The van der Waals surface area contributed by atoms with Crippen LogP contribution in [0.2, 0.25) is 0 Å². The van der Waals surface area contributed by atoms with Crippen LogP contribution in [0.4, 0.5) is 5.00 Å². The van der Waals surface area contributed by atoms with E-state index in [-0.39, 0.29) is 11.8 Å². The minimum Gasteiger partial charge on any atom is -0.316 e. The molecule has 0 aliphatic heterocycles. The molecule has 19 heavy (non-hydrogen) atoms. The van der Waals surface area contributed by atoms with Gasteiger partial charge in [0, 0.05) is 10.8 Å². The van der Waals surface area contributed by atoms with E-state index in [2.05, 4.69) is 11.4 Å². The van der Waals surface area contributed by atoms with Gasteiger partial charge < -0.3 is 5.32 Å². The van der Waals surface area contributed by atoms with Crippen molar-refractivity contribution in [1.82, 2.24) is 0 Å². The Morgan fingerprint density at radius 2 is 2.16 bits per heavy atom. The molecule has 3 nitrogen and oxygen atoms in total. The van der Waals surface area contributed by atoms with E-state index in [1.165, 1.54) is 30.6 Å². The second kappa shape index (κ2) is 4.64. The molecule has 1 amide bonds. The molecule has 0 unspecified atom stereocenters. The van der Waals surface area contributed by atoms with Gasteiger partial charge in [0.1, 0.15) is 11.1 Å². The predicted octanol–water partition coefficient (Wildman–Crippen LogP) is 3.61. The monoisotopic (exact) mass is 274 g/mol. The first kappa shape index (κ1) is 12.7. The minimum atomic E-state index is 0.130. The maximum absolute atomic E-state index is 12.4. The zero-order valence-electron chi connectivity index (χ0n) is 11.3. The molecule has 0 saturated heterocycles. The number of rotatable bonds is 2. The smallest absolute Gasteiger partial charge is 0.228 e. The number of nitriles is 1. The lowest BCUT2D eigenvalue weighted by Gasteiger charge is -2.20. The molecule has 0 radical (unpaired) electrons. The summed E-state index contributed by atoms with van der Waals surface area (Å²) in [5, 5.41) is 12.9. The minimum absolute atomic E-state index is 0.130. The van der Waals surface area contributed by atoms with Gasteiger partial charge in [-0.3, -0.25) is 4.79 Å². The number of nitrogens with zero attached hydrogens (tertiary/aromatic N) is 1. The number of carbonyl (C=O) groups excluding carboxylic acids is 1. The van der Waals surface area contributed by atoms with Gasteiger partial charge in [-0.25, -0.2) is 0 Å². The number of anilines is 1. The third-order valence-electron chi connectivity index (χ3n) is 4.81. The van der Waals surface area contributed by atoms with Gasteiger partial charge >= 0.3 is 0 Å². The number of fused-ring (bicyclic) bond motifs is 2. The number of nitrogens with one attached hydrogen (secondary N) is 1. The fourth-order valence-corrected chi connectivity index (χ4v) is 4.63. The van der Waals surface area contributed by atoms with E-state index < -0.39 is 0 Å². The van der Waals surface area contributed by atoms with Crippen LogP contribution in [0.5, 0.6) is 0 Å². The second-order valence-corrected chi connectivity index (χ2v) is 7.09. The first-order valence-corrected chi connectivity index (χ1v) is 7.72. The Labute approximate surface area is 117 Å². The Hall–Kier alpha value is -1.34. The SMILES string of the molecule is Cc1sc(NC(=O)[C@@H]2C[C@H]3CC[C@H]2C3)c(C#N)c1C. The van der Waals surface area contributed by atoms with E-state index in [0.29, 0.717) is 11.5 Å². The molecule has 4 heteroatoms. The number of carbonyl (C=O) groups is 1. The fraction of sp³-hybridized carbons (Fsp3) is 0.600. The Balaban J connectivity index is 1.77. The molecule has 3 atom stereocenters. The average Bonchev–Trinajstić information content (AvgIpc) is 3.06. The molecule has 2 fully saturated rings. The standard InChI is InChI=1S/C15H18N2OS/c1-8-9(2)19-15(13(8)7-16)17-14(18)12-6-10-3-4-11(12)5-10/h10-12H,3-6H2,1-2H3,(H,17,18)/t10-,11-,12+/m0/s1. The molecule has 1 N–H and O–H groups in total. The zero-order valence-corrected chi connectivity index (χ0v) is 12.1. The van der Waals surface area contributed by atoms with E-state index >= 15 is 0 Å². The van der Waals surface area contributed by atoms with Gasteiger partial charge in [-0.1, -0.05) is 6.42 Å². The van der Waals surface area contributed by atoms with Crippen LogP contribution in [0.3, 0.4) is 0 Å². The van der Waals surface area contributed by atoms with Gasteiger partial charge in [0.25, 0.3) is 0 Å². The highest BCUT2D eigenvalue weighted by molar-refractivity contribution is 7.16. The first-order chi connectivity index (χ1) is 9.10. The van der Waals surface area contributed by atoms with E-state index in [1.54, 1.807) is 0 Å². The molecule has 1 heterocycles.